The zero-order valence-electron chi connectivity index (χ0n) is 19.9. The first-order chi connectivity index (χ1) is 15.8. The Bertz CT molecular complexity index is 1030. The van der Waals surface area contributed by atoms with Crippen molar-refractivity contribution in [2.24, 2.45) is 34.5 Å². The second-order valence-corrected chi connectivity index (χ2v) is 11.2. The van der Waals surface area contributed by atoms with Crippen LogP contribution in [0.3, 0.4) is 0 Å². The number of hydrogen-bond acceptors (Lipinski definition) is 4. The molecule has 0 radical (unpaired) electrons. The van der Waals surface area contributed by atoms with E-state index in [-0.39, 0.29) is 22.6 Å². The Morgan fingerprint density at radius 2 is 2.03 bits per heavy atom. The van der Waals surface area contributed by atoms with E-state index in [2.05, 4.69) is 30.2 Å². The molecule has 0 saturated heterocycles. The van der Waals surface area contributed by atoms with Crippen LogP contribution in [-0.2, 0) is 9.59 Å². The lowest BCUT2D eigenvalue weighted by atomic mass is 9.47. The highest BCUT2D eigenvalue weighted by Gasteiger charge is 2.60. The van der Waals surface area contributed by atoms with Gasteiger partial charge in [-0.2, -0.15) is 5.26 Å². The van der Waals surface area contributed by atoms with Crippen LogP contribution in [0.2, 0.25) is 0 Å². The van der Waals surface area contributed by atoms with Crippen molar-refractivity contribution < 1.29 is 9.59 Å². The van der Waals surface area contributed by atoms with Gasteiger partial charge in [0.2, 0.25) is 11.8 Å². The number of likely N-dealkylation sites (N-methyl/N-ethyl adjacent to an activating group) is 1. The van der Waals surface area contributed by atoms with Crippen LogP contribution in [0.5, 0.6) is 0 Å². The normalized spacial score (nSPS) is 39.3. The predicted molar refractivity (Wildman–Crippen MR) is 126 cm³/mol. The van der Waals surface area contributed by atoms with E-state index in [1.54, 1.807) is 24.4 Å². The van der Waals surface area contributed by atoms with Gasteiger partial charge in [0.15, 0.2) is 0 Å². The molecular weight excluding hydrogens is 412 g/mol. The maximum absolute atomic E-state index is 12.9. The molecule has 174 valence electrons. The van der Waals surface area contributed by atoms with Gasteiger partial charge in [-0.3, -0.25) is 9.59 Å². The second kappa shape index (κ2) is 7.97. The Hall–Kier alpha value is -2.68. The molecule has 0 bridgehead atoms. The average molecular weight is 447 g/mol. The molecular formula is C27H34N4O2. The van der Waals surface area contributed by atoms with Gasteiger partial charge < -0.3 is 10.2 Å². The fraction of sp³-hybridized carbons (Fsp3) is 0.630. The third kappa shape index (κ3) is 3.48. The summed E-state index contributed by atoms with van der Waals surface area (Å²) >= 11 is 0. The van der Waals surface area contributed by atoms with Crippen LogP contribution in [0.1, 0.15) is 64.5 Å². The maximum atomic E-state index is 12.9. The maximum Gasteiger partial charge on any atom is 0.246 e. The number of pyridine rings is 1. The van der Waals surface area contributed by atoms with Gasteiger partial charge >= 0.3 is 0 Å². The number of rotatable bonds is 3. The lowest BCUT2D eigenvalue weighted by Gasteiger charge is -2.60. The Morgan fingerprint density at radius 3 is 2.76 bits per heavy atom. The summed E-state index contributed by atoms with van der Waals surface area (Å²) in [7, 11) is 1.97. The van der Waals surface area contributed by atoms with E-state index in [4.69, 9.17) is 5.26 Å². The van der Waals surface area contributed by atoms with E-state index < -0.39 is 0 Å². The SMILES string of the molecule is CN1C(=O)C=C[C@]2(C)[C@H]3CC[C@]4(C)[C@@H](CC(=O)Nc5ccc(C#N)nc5)CC[C@H]4[C@@H]3CC[C@@H]12. The van der Waals surface area contributed by atoms with Crippen LogP contribution in [0.15, 0.2) is 30.5 Å². The molecule has 3 saturated carbocycles. The van der Waals surface area contributed by atoms with Crippen molar-refractivity contribution in [3.05, 3.63) is 36.2 Å². The van der Waals surface area contributed by atoms with Crippen LogP contribution in [0.4, 0.5) is 5.69 Å². The molecule has 4 aliphatic rings. The summed E-state index contributed by atoms with van der Waals surface area (Å²) in [5.74, 6) is 2.51. The number of carbonyl (C=O) groups excluding carboxylic acids is 2. The predicted octanol–water partition coefficient (Wildman–Crippen LogP) is 4.54. The zero-order valence-corrected chi connectivity index (χ0v) is 19.9. The first kappa shape index (κ1) is 22.1. The first-order valence-electron chi connectivity index (χ1n) is 12.4. The van der Waals surface area contributed by atoms with Gasteiger partial charge in [-0.05, 0) is 85.8 Å². The quantitative estimate of drug-likeness (QED) is 0.739. The fourth-order valence-electron chi connectivity index (χ4n) is 8.15. The van der Waals surface area contributed by atoms with Gasteiger partial charge in [0.1, 0.15) is 11.8 Å². The highest BCUT2D eigenvalue weighted by molar-refractivity contribution is 5.90. The topological polar surface area (TPSA) is 86.1 Å². The van der Waals surface area contributed by atoms with Gasteiger partial charge in [-0.25, -0.2) is 4.98 Å². The molecule has 3 aliphatic carbocycles. The zero-order chi connectivity index (χ0) is 23.4. The summed E-state index contributed by atoms with van der Waals surface area (Å²) in [6.45, 7) is 4.81. The Labute approximate surface area is 196 Å². The van der Waals surface area contributed by atoms with Crippen molar-refractivity contribution >= 4 is 17.5 Å². The molecule has 1 N–H and O–H groups in total. The number of carbonyl (C=O) groups is 2. The highest BCUT2D eigenvalue weighted by Crippen LogP contribution is 2.65. The molecule has 33 heavy (non-hydrogen) atoms. The van der Waals surface area contributed by atoms with Gasteiger partial charge in [-0.15, -0.1) is 0 Å². The number of amides is 2. The van der Waals surface area contributed by atoms with E-state index >= 15 is 0 Å². The average Bonchev–Trinajstić information content (AvgIpc) is 3.13. The molecule has 0 unspecified atom stereocenters. The van der Waals surface area contributed by atoms with E-state index in [0.717, 1.165) is 19.3 Å². The van der Waals surface area contributed by atoms with Crippen LogP contribution in [-0.4, -0.2) is 34.8 Å². The highest BCUT2D eigenvalue weighted by atomic mass is 16.2. The van der Waals surface area contributed by atoms with Crippen molar-refractivity contribution in [2.75, 3.05) is 12.4 Å². The molecule has 5 rings (SSSR count). The lowest BCUT2D eigenvalue weighted by Crippen LogP contribution is -2.59. The number of nitriles is 1. The number of hydrogen-bond donors (Lipinski definition) is 1. The van der Waals surface area contributed by atoms with E-state index in [0.29, 0.717) is 47.5 Å². The van der Waals surface area contributed by atoms with Crippen molar-refractivity contribution in [3.8, 4) is 6.07 Å². The van der Waals surface area contributed by atoms with Gasteiger partial charge in [0.25, 0.3) is 0 Å². The van der Waals surface area contributed by atoms with E-state index in [1.807, 2.05) is 18.0 Å². The largest absolute Gasteiger partial charge is 0.338 e. The number of aromatic nitrogens is 1. The number of nitrogens with one attached hydrogen (secondary N) is 1. The molecule has 7 atom stereocenters. The van der Waals surface area contributed by atoms with Gasteiger partial charge in [0, 0.05) is 24.9 Å². The van der Waals surface area contributed by atoms with Gasteiger partial charge in [-0.1, -0.05) is 19.9 Å². The van der Waals surface area contributed by atoms with E-state index in [9.17, 15) is 9.59 Å². The van der Waals surface area contributed by atoms with Crippen LogP contribution >= 0.6 is 0 Å². The Balaban J connectivity index is 1.29. The molecule has 1 aromatic rings. The molecule has 2 heterocycles. The molecule has 0 spiro atoms. The summed E-state index contributed by atoms with van der Waals surface area (Å²) in [5.41, 5.74) is 1.26. The number of fused-ring (bicyclic) bond motifs is 5. The summed E-state index contributed by atoms with van der Waals surface area (Å²) in [6, 6.07) is 5.68. The molecule has 3 fully saturated rings. The van der Waals surface area contributed by atoms with Crippen molar-refractivity contribution in [1.29, 1.82) is 5.26 Å². The van der Waals surface area contributed by atoms with Crippen molar-refractivity contribution in [2.45, 2.75) is 64.8 Å². The molecule has 6 nitrogen and oxygen atoms in total. The second-order valence-electron chi connectivity index (χ2n) is 11.2. The third-order valence-corrected chi connectivity index (χ3v) is 9.92. The monoisotopic (exact) mass is 446 g/mol. The fourth-order valence-corrected chi connectivity index (χ4v) is 8.15. The lowest BCUT2D eigenvalue weighted by molar-refractivity contribution is -0.139. The molecule has 1 aromatic heterocycles. The molecule has 1 aliphatic heterocycles. The van der Waals surface area contributed by atoms with Crippen LogP contribution < -0.4 is 5.32 Å². The van der Waals surface area contributed by atoms with Crippen molar-refractivity contribution in [3.63, 3.8) is 0 Å². The molecule has 6 heteroatoms. The Morgan fingerprint density at radius 1 is 1.21 bits per heavy atom. The molecule has 0 aromatic carbocycles. The molecule has 2 amide bonds. The van der Waals surface area contributed by atoms with Crippen LogP contribution in [0, 0.1) is 45.8 Å². The summed E-state index contributed by atoms with van der Waals surface area (Å²) in [4.78, 5) is 31.2. The minimum atomic E-state index is 0.0431. The minimum Gasteiger partial charge on any atom is -0.338 e. The number of anilines is 1. The smallest absolute Gasteiger partial charge is 0.246 e. The number of nitrogens with zero attached hydrogens (tertiary/aromatic N) is 3. The standard InChI is InChI=1S/C27H34N4O2/c1-26-12-10-22-20(7-9-23-27(22,2)13-11-25(33)31(23)3)21(26)8-4-17(26)14-24(32)30-19-6-5-18(15-28)29-16-19/h5-6,11,13,16-17,20-23H,4,7-10,12,14H2,1-3H3,(H,30,32)/t17-,20+,21+,22+,23-,26-,27-/m1/s1. The van der Waals surface area contributed by atoms with Gasteiger partial charge in [0.05, 0.1) is 11.9 Å². The third-order valence-electron chi connectivity index (χ3n) is 9.92. The first-order valence-corrected chi connectivity index (χ1v) is 12.4. The van der Waals surface area contributed by atoms with E-state index in [1.165, 1.54) is 19.3 Å². The minimum absolute atomic E-state index is 0.0431. The van der Waals surface area contributed by atoms with Crippen LogP contribution in [0.25, 0.3) is 0 Å². The summed E-state index contributed by atoms with van der Waals surface area (Å²) in [6.07, 6.45) is 13.0. The summed E-state index contributed by atoms with van der Waals surface area (Å²) < 4.78 is 0. The van der Waals surface area contributed by atoms with Crippen molar-refractivity contribution in [1.82, 2.24) is 9.88 Å². The Kier molecular flexibility index (Phi) is 5.34. The summed E-state index contributed by atoms with van der Waals surface area (Å²) in [5, 5.41) is 11.9.